The van der Waals surface area contributed by atoms with E-state index >= 15 is 0 Å². The molecule has 0 aliphatic rings. The molecule has 0 spiro atoms. The predicted octanol–water partition coefficient (Wildman–Crippen LogP) is 1.15. The van der Waals surface area contributed by atoms with Crippen LogP contribution in [-0.4, -0.2) is 43.7 Å². The second kappa shape index (κ2) is 6.01. The Kier molecular flexibility index (Phi) is 4.65. The number of hydrogen-bond donors (Lipinski definition) is 1. The number of ketones is 1. The largest absolute Gasteiger partial charge is 0.501 e. The molecule has 1 N–H and O–H groups in total. The van der Waals surface area contributed by atoms with Crippen LogP contribution in [0.4, 0.5) is 5.69 Å². The summed E-state index contributed by atoms with van der Waals surface area (Å²) in [5.74, 6) is -1.65. The Labute approximate surface area is 108 Å². The summed E-state index contributed by atoms with van der Waals surface area (Å²) in [6.45, 7) is -0.319. The fraction of sp³-hybridized carbons (Fsp3) is 0.364. The SMILES string of the molecule is COCC(=O)c1cc(OC)c(OC)c([N+](=O)[O-])c1O. The number of carbonyl (C=O) groups excluding carboxylic acids is 1. The molecule has 0 bridgehead atoms. The van der Waals surface area contributed by atoms with Gasteiger partial charge in [0.05, 0.1) is 24.7 Å². The lowest BCUT2D eigenvalue weighted by Gasteiger charge is -2.11. The molecule has 0 fully saturated rings. The molecule has 0 atom stereocenters. The lowest BCUT2D eigenvalue weighted by atomic mass is 10.1. The third kappa shape index (κ3) is 2.74. The highest BCUT2D eigenvalue weighted by Crippen LogP contribution is 2.45. The van der Waals surface area contributed by atoms with E-state index in [9.17, 15) is 20.0 Å². The summed E-state index contributed by atoms with van der Waals surface area (Å²) in [5, 5.41) is 20.8. The molecule has 0 aliphatic carbocycles. The molecule has 0 heterocycles. The molecule has 0 unspecified atom stereocenters. The van der Waals surface area contributed by atoms with Gasteiger partial charge in [0, 0.05) is 7.11 Å². The van der Waals surface area contributed by atoms with E-state index in [2.05, 4.69) is 4.74 Å². The molecule has 0 amide bonds. The van der Waals surface area contributed by atoms with E-state index < -0.39 is 22.1 Å². The maximum atomic E-state index is 11.7. The number of benzene rings is 1. The van der Waals surface area contributed by atoms with Gasteiger partial charge in [-0.25, -0.2) is 0 Å². The Morgan fingerprint density at radius 3 is 2.42 bits per heavy atom. The molecule has 0 aromatic heterocycles. The number of carbonyl (C=O) groups is 1. The van der Waals surface area contributed by atoms with Crippen molar-refractivity contribution in [1.29, 1.82) is 0 Å². The summed E-state index contributed by atoms with van der Waals surface area (Å²) >= 11 is 0. The number of ether oxygens (including phenoxy) is 3. The first-order chi connectivity index (χ1) is 8.97. The molecule has 0 saturated carbocycles. The first-order valence-electron chi connectivity index (χ1n) is 5.12. The molecular weight excluding hydrogens is 258 g/mol. The Morgan fingerprint density at radius 2 is 2.00 bits per heavy atom. The molecule has 1 aromatic rings. The molecule has 0 radical (unpaired) electrons. The molecule has 0 saturated heterocycles. The average molecular weight is 271 g/mol. The lowest BCUT2D eigenvalue weighted by molar-refractivity contribution is -0.386. The zero-order valence-electron chi connectivity index (χ0n) is 10.6. The van der Waals surface area contributed by atoms with Crippen molar-refractivity contribution in [3.63, 3.8) is 0 Å². The van der Waals surface area contributed by atoms with Crippen LogP contribution in [0.1, 0.15) is 10.4 Å². The second-order valence-electron chi connectivity index (χ2n) is 3.47. The number of hydrogen-bond acceptors (Lipinski definition) is 7. The van der Waals surface area contributed by atoms with E-state index in [4.69, 9.17) is 9.47 Å². The smallest absolute Gasteiger partial charge is 0.356 e. The van der Waals surface area contributed by atoms with E-state index in [1.807, 2.05) is 0 Å². The van der Waals surface area contributed by atoms with Crippen molar-refractivity contribution >= 4 is 11.5 Å². The van der Waals surface area contributed by atoms with Gasteiger partial charge in [0.2, 0.25) is 11.5 Å². The van der Waals surface area contributed by atoms with Crippen molar-refractivity contribution in [2.75, 3.05) is 27.9 Å². The molecule has 8 heteroatoms. The first-order valence-corrected chi connectivity index (χ1v) is 5.12. The fourth-order valence-electron chi connectivity index (χ4n) is 1.56. The van der Waals surface area contributed by atoms with Crippen LogP contribution in [0.2, 0.25) is 0 Å². The normalized spacial score (nSPS) is 10.1. The molecule has 1 aromatic carbocycles. The van der Waals surface area contributed by atoms with Crippen LogP contribution in [0, 0.1) is 10.1 Å². The topological polar surface area (TPSA) is 108 Å². The third-order valence-corrected chi connectivity index (χ3v) is 2.38. The van der Waals surface area contributed by atoms with Gasteiger partial charge in [-0.3, -0.25) is 14.9 Å². The molecule has 8 nitrogen and oxygen atoms in total. The quantitative estimate of drug-likeness (QED) is 0.469. The standard InChI is InChI=1S/C11H13NO7/c1-17-5-7(13)6-4-8(18-2)11(19-3)9(10(6)14)12(15)16/h4,14H,5H2,1-3H3. The number of nitro benzene ring substituents is 1. The van der Waals surface area contributed by atoms with Crippen LogP contribution >= 0.6 is 0 Å². The van der Waals surface area contributed by atoms with Crippen LogP contribution in [0.25, 0.3) is 0 Å². The minimum Gasteiger partial charge on any atom is -0.501 e. The fourth-order valence-corrected chi connectivity index (χ4v) is 1.56. The Balaban J connectivity index is 3.55. The summed E-state index contributed by atoms with van der Waals surface area (Å²) < 4.78 is 14.4. The molecule has 1 rings (SSSR count). The van der Waals surface area contributed by atoms with E-state index in [-0.39, 0.29) is 23.7 Å². The van der Waals surface area contributed by atoms with Crippen LogP contribution in [0.15, 0.2) is 6.07 Å². The highest BCUT2D eigenvalue weighted by Gasteiger charge is 2.30. The highest BCUT2D eigenvalue weighted by atomic mass is 16.6. The van der Waals surface area contributed by atoms with Crippen molar-refractivity contribution in [3.8, 4) is 17.2 Å². The van der Waals surface area contributed by atoms with Gasteiger partial charge in [-0.05, 0) is 6.07 Å². The minimum atomic E-state index is -0.847. The molecule has 104 valence electrons. The van der Waals surface area contributed by atoms with Gasteiger partial charge in [-0.2, -0.15) is 0 Å². The maximum absolute atomic E-state index is 11.7. The van der Waals surface area contributed by atoms with Crippen LogP contribution in [0.3, 0.4) is 0 Å². The van der Waals surface area contributed by atoms with Gasteiger partial charge in [0.15, 0.2) is 11.5 Å². The highest BCUT2D eigenvalue weighted by molar-refractivity contribution is 6.02. The van der Waals surface area contributed by atoms with Crippen molar-refractivity contribution in [3.05, 3.63) is 21.7 Å². The van der Waals surface area contributed by atoms with Gasteiger partial charge in [-0.1, -0.05) is 0 Å². The Hall–Kier alpha value is -2.35. The number of nitrogens with zero attached hydrogens (tertiary/aromatic N) is 1. The van der Waals surface area contributed by atoms with Gasteiger partial charge in [0.1, 0.15) is 6.61 Å². The monoisotopic (exact) mass is 271 g/mol. The summed E-state index contributed by atoms with van der Waals surface area (Å²) in [6, 6.07) is 1.17. The zero-order chi connectivity index (χ0) is 14.6. The van der Waals surface area contributed by atoms with Crippen LogP contribution in [0.5, 0.6) is 17.2 Å². The number of rotatable bonds is 6. The second-order valence-corrected chi connectivity index (χ2v) is 3.47. The van der Waals surface area contributed by atoms with Crippen molar-refractivity contribution < 1.29 is 29.0 Å². The van der Waals surface area contributed by atoms with Crippen molar-refractivity contribution in [1.82, 2.24) is 0 Å². The summed E-state index contributed by atoms with van der Waals surface area (Å²) in [4.78, 5) is 21.8. The minimum absolute atomic E-state index is 0.0218. The zero-order valence-corrected chi connectivity index (χ0v) is 10.6. The molecular formula is C11H13NO7. The Bertz CT molecular complexity index is 512. The third-order valence-electron chi connectivity index (χ3n) is 2.38. The average Bonchev–Trinajstić information content (AvgIpc) is 2.37. The lowest BCUT2D eigenvalue weighted by Crippen LogP contribution is -2.09. The summed E-state index contributed by atoms with van der Waals surface area (Å²) in [5.41, 5.74) is -0.979. The number of phenols is 1. The summed E-state index contributed by atoms with van der Waals surface area (Å²) in [7, 11) is 3.76. The van der Waals surface area contributed by atoms with Crippen molar-refractivity contribution in [2.45, 2.75) is 0 Å². The number of aromatic hydroxyl groups is 1. The molecule has 0 aliphatic heterocycles. The first kappa shape index (κ1) is 14.7. The van der Waals surface area contributed by atoms with Crippen LogP contribution < -0.4 is 9.47 Å². The van der Waals surface area contributed by atoms with Gasteiger partial charge >= 0.3 is 5.69 Å². The number of methoxy groups -OCH3 is 3. The predicted molar refractivity (Wildman–Crippen MR) is 64.1 cm³/mol. The van der Waals surface area contributed by atoms with Gasteiger partial charge < -0.3 is 19.3 Å². The van der Waals surface area contributed by atoms with Gasteiger partial charge in [0.25, 0.3) is 0 Å². The number of phenolic OH excluding ortho intramolecular Hbond substituents is 1. The molecule has 19 heavy (non-hydrogen) atoms. The number of Topliss-reactive ketones (excluding diaryl/α,β-unsaturated/α-hetero) is 1. The Morgan fingerprint density at radius 1 is 1.37 bits per heavy atom. The number of nitro groups is 1. The van der Waals surface area contributed by atoms with E-state index in [1.54, 1.807) is 0 Å². The van der Waals surface area contributed by atoms with E-state index in [0.29, 0.717) is 0 Å². The van der Waals surface area contributed by atoms with E-state index in [0.717, 1.165) is 0 Å². The maximum Gasteiger partial charge on any atom is 0.356 e. The van der Waals surface area contributed by atoms with Gasteiger partial charge in [-0.15, -0.1) is 0 Å². The summed E-state index contributed by atoms with van der Waals surface area (Å²) in [6.07, 6.45) is 0. The van der Waals surface area contributed by atoms with Crippen molar-refractivity contribution in [2.24, 2.45) is 0 Å². The van der Waals surface area contributed by atoms with E-state index in [1.165, 1.54) is 27.4 Å². The van der Waals surface area contributed by atoms with Crippen LogP contribution in [-0.2, 0) is 4.74 Å².